The van der Waals surface area contributed by atoms with Crippen LogP contribution in [0.3, 0.4) is 0 Å². The highest BCUT2D eigenvalue weighted by Crippen LogP contribution is 2.36. The Labute approximate surface area is 124 Å². The van der Waals surface area contributed by atoms with Crippen LogP contribution in [0.5, 0.6) is 0 Å². The molecule has 2 aromatic carbocycles. The monoisotopic (exact) mass is 286 g/mol. The fourth-order valence-corrected chi connectivity index (χ4v) is 3.06. The normalized spacial score (nSPS) is 11.9. The van der Waals surface area contributed by atoms with Gasteiger partial charge in [-0.3, -0.25) is 4.79 Å². The molecular weight excluding hydrogens is 268 g/mol. The van der Waals surface area contributed by atoms with Gasteiger partial charge in [-0.15, -0.1) is 11.8 Å². The van der Waals surface area contributed by atoms with Crippen LogP contribution >= 0.6 is 11.8 Å². The second-order valence-corrected chi connectivity index (χ2v) is 5.66. The molecule has 0 fully saturated rings. The number of ether oxygens (including phenoxy) is 1. The second kappa shape index (κ2) is 7.15. The van der Waals surface area contributed by atoms with Crippen molar-refractivity contribution in [2.75, 3.05) is 6.61 Å². The molecule has 104 valence electrons. The highest BCUT2D eigenvalue weighted by atomic mass is 32.2. The number of aryl methyl sites for hydroxylation is 1. The van der Waals surface area contributed by atoms with Gasteiger partial charge in [0.05, 0.1) is 6.61 Å². The van der Waals surface area contributed by atoms with Crippen molar-refractivity contribution in [2.24, 2.45) is 0 Å². The van der Waals surface area contributed by atoms with E-state index in [0.717, 1.165) is 10.5 Å². The number of benzene rings is 2. The molecule has 0 saturated heterocycles. The molecule has 1 unspecified atom stereocenters. The summed E-state index contributed by atoms with van der Waals surface area (Å²) in [4.78, 5) is 13.3. The van der Waals surface area contributed by atoms with E-state index in [2.05, 4.69) is 6.07 Å². The third-order valence-corrected chi connectivity index (χ3v) is 4.07. The van der Waals surface area contributed by atoms with Crippen molar-refractivity contribution in [2.45, 2.75) is 24.0 Å². The molecule has 0 bridgehead atoms. The van der Waals surface area contributed by atoms with Gasteiger partial charge in [-0.25, -0.2) is 0 Å². The molecule has 1 atom stereocenters. The van der Waals surface area contributed by atoms with Crippen LogP contribution in [0, 0.1) is 6.92 Å². The molecule has 2 aromatic rings. The summed E-state index contributed by atoms with van der Waals surface area (Å²) in [5, 5.41) is -0.321. The summed E-state index contributed by atoms with van der Waals surface area (Å²) in [5.41, 5.74) is 2.16. The van der Waals surface area contributed by atoms with Gasteiger partial charge in [-0.05, 0) is 31.5 Å². The van der Waals surface area contributed by atoms with Crippen molar-refractivity contribution in [3.63, 3.8) is 0 Å². The number of hydrogen-bond acceptors (Lipinski definition) is 3. The van der Waals surface area contributed by atoms with Crippen LogP contribution < -0.4 is 0 Å². The maximum atomic E-state index is 12.2. The molecule has 0 aromatic heterocycles. The average Bonchev–Trinajstić information content (AvgIpc) is 2.46. The Morgan fingerprint density at radius 2 is 1.90 bits per heavy atom. The van der Waals surface area contributed by atoms with Crippen LogP contribution in [0.15, 0.2) is 59.5 Å². The van der Waals surface area contributed by atoms with E-state index in [1.54, 1.807) is 0 Å². The topological polar surface area (TPSA) is 26.3 Å². The first-order valence-corrected chi connectivity index (χ1v) is 7.53. The Bertz CT molecular complexity index is 566. The zero-order chi connectivity index (χ0) is 14.4. The minimum absolute atomic E-state index is 0.190. The van der Waals surface area contributed by atoms with Crippen LogP contribution in [0.1, 0.15) is 23.3 Å². The van der Waals surface area contributed by atoms with Crippen LogP contribution in [-0.2, 0) is 9.53 Å². The summed E-state index contributed by atoms with van der Waals surface area (Å²) in [6, 6.07) is 17.9. The second-order valence-electron chi connectivity index (χ2n) is 4.48. The van der Waals surface area contributed by atoms with Crippen molar-refractivity contribution < 1.29 is 9.53 Å². The Hall–Kier alpha value is -1.74. The third-order valence-electron chi connectivity index (χ3n) is 2.85. The molecular formula is C17H18O2S. The minimum atomic E-state index is -0.321. The van der Waals surface area contributed by atoms with E-state index in [0.29, 0.717) is 6.61 Å². The van der Waals surface area contributed by atoms with Crippen LogP contribution in [0.4, 0.5) is 0 Å². The Balaban J connectivity index is 2.25. The summed E-state index contributed by atoms with van der Waals surface area (Å²) in [5.74, 6) is -0.190. The Morgan fingerprint density at radius 1 is 1.15 bits per heavy atom. The third kappa shape index (κ3) is 3.87. The predicted molar refractivity (Wildman–Crippen MR) is 82.9 cm³/mol. The number of thioether (sulfide) groups is 1. The molecule has 0 amide bonds. The van der Waals surface area contributed by atoms with Crippen molar-refractivity contribution in [1.29, 1.82) is 0 Å². The van der Waals surface area contributed by atoms with Gasteiger partial charge in [0.25, 0.3) is 0 Å². The van der Waals surface area contributed by atoms with Gasteiger partial charge >= 0.3 is 5.97 Å². The number of esters is 1. The van der Waals surface area contributed by atoms with Gasteiger partial charge in [-0.1, -0.05) is 48.0 Å². The molecule has 0 radical (unpaired) electrons. The van der Waals surface area contributed by atoms with Crippen LogP contribution in [-0.4, -0.2) is 12.6 Å². The van der Waals surface area contributed by atoms with E-state index in [4.69, 9.17) is 4.74 Å². The molecule has 3 heteroatoms. The Kier molecular flexibility index (Phi) is 5.24. The van der Waals surface area contributed by atoms with Crippen LogP contribution in [0.25, 0.3) is 0 Å². The van der Waals surface area contributed by atoms with E-state index >= 15 is 0 Å². The van der Waals surface area contributed by atoms with Crippen molar-refractivity contribution in [3.05, 3.63) is 65.7 Å². The lowest BCUT2D eigenvalue weighted by atomic mass is 10.1. The van der Waals surface area contributed by atoms with E-state index in [1.807, 2.05) is 62.4 Å². The molecule has 0 aliphatic heterocycles. The summed E-state index contributed by atoms with van der Waals surface area (Å²) >= 11 is 1.53. The van der Waals surface area contributed by atoms with Crippen molar-refractivity contribution >= 4 is 17.7 Å². The smallest absolute Gasteiger partial charge is 0.323 e. The number of hydrogen-bond donors (Lipinski definition) is 0. The van der Waals surface area contributed by atoms with E-state index in [-0.39, 0.29) is 11.2 Å². The first kappa shape index (κ1) is 14.7. The Morgan fingerprint density at radius 3 is 2.55 bits per heavy atom. The highest BCUT2D eigenvalue weighted by molar-refractivity contribution is 8.00. The van der Waals surface area contributed by atoms with Crippen LogP contribution in [0.2, 0.25) is 0 Å². The predicted octanol–water partition coefficient (Wildman–Crippen LogP) is 4.39. The molecule has 0 spiro atoms. The molecule has 0 saturated carbocycles. The van der Waals surface area contributed by atoms with Crippen molar-refractivity contribution in [1.82, 2.24) is 0 Å². The number of rotatable bonds is 5. The zero-order valence-electron chi connectivity index (χ0n) is 11.7. The first-order chi connectivity index (χ1) is 9.70. The summed E-state index contributed by atoms with van der Waals surface area (Å²) < 4.78 is 5.20. The SMILES string of the molecule is CCOC(=O)C(Sc1cccc(C)c1)c1ccccc1. The summed E-state index contributed by atoms with van der Waals surface area (Å²) in [6.07, 6.45) is 0. The van der Waals surface area contributed by atoms with Gasteiger partial charge in [0.15, 0.2) is 0 Å². The van der Waals surface area contributed by atoms with Gasteiger partial charge in [0.2, 0.25) is 0 Å². The van der Waals surface area contributed by atoms with E-state index < -0.39 is 0 Å². The molecule has 0 aliphatic rings. The quantitative estimate of drug-likeness (QED) is 0.602. The van der Waals surface area contributed by atoms with Crippen molar-refractivity contribution in [3.8, 4) is 0 Å². The fourth-order valence-electron chi connectivity index (χ4n) is 1.92. The highest BCUT2D eigenvalue weighted by Gasteiger charge is 2.23. The molecule has 0 N–H and O–H groups in total. The number of carbonyl (C=O) groups is 1. The maximum Gasteiger partial charge on any atom is 0.323 e. The van der Waals surface area contributed by atoms with E-state index in [9.17, 15) is 4.79 Å². The fraction of sp³-hybridized carbons (Fsp3) is 0.235. The summed E-state index contributed by atoms with van der Waals surface area (Å²) in [7, 11) is 0. The average molecular weight is 286 g/mol. The van der Waals surface area contributed by atoms with Gasteiger partial charge in [-0.2, -0.15) is 0 Å². The molecule has 0 aliphatic carbocycles. The largest absolute Gasteiger partial charge is 0.465 e. The minimum Gasteiger partial charge on any atom is -0.465 e. The molecule has 20 heavy (non-hydrogen) atoms. The van der Waals surface area contributed by atoms with Gasteiger partial charge in [0.1, 0.15) is 5.25 Å². The first-order valence-electron chi connectivity index (χ1n) is 6.65. The van der Waals surface area contributed by atoms with Gasteiger partial charge in [0, 0.05) is 4.90 Å². The lowest BCUT2D eigenvalue weighted by molar-refractivity contribution is -0.142. The molecule has 0 heterocycles. The zero-order valence-corrected chi connectivity index (χ0v) is 12.5. The van der Waals surface area contributed by atoms with E-state index in [1.165, 1.54) is 17.3 Å². The maximum absolute atomic E-state index is 12.2. The number of carbonyl (C=O) groups excluding carboxylic acids is 1. The standard InChI is InChI=1S/C17H18O2S/c1-3-19-17(18)16(14-9-5-4-6-10-14)20-15-11-7-8-13(2)12-15/h4-12,16H,3H2,1-2H3. The lowest BCUT2D eigenvalue weighted by Gasteiger charge is -2.15. The lowest BCUT2D eigenvalue weighted by Crippen LogP contribution is -2.13. The molecule has 2 nitrogen and oxygen atoms in total. The van der Waals surface area contributed by atoms with Gasteiger partial charge < -0.3 is 4.74 Å². The summed E-state index contributed by atoms with van der Waals surface area (Å²) in [6.45, 7) is 4.28. The molecule has 2 rings (SSSR count).